The first-order valence-corrected chi connectivity index (χ1v) is 10.0. The zero-order chi connectivity index (χ0) is 20.1. The third-order valence-corrected chi connectivity index (χ3v) is 5.86. The highest BCUT2D eigenvalue weighted by atomic mass is 16.4. The van der Waals surface area contributed by atoms with E-state index in [0.717, 1.165) is 31.5 Å². The van der Waals surface area contributed by atoms with Crippen LogP contribution in [0, 0.1) is 5.92 Å². The van der Waals surface area contributed by atoms with Crippen molar-refractivity contribution in [1.82, 2.24) is 14.7 Å². The zero-order valence-corrected chi connectivity index (χ0v) is 16.4. The van der Waals surface area contributed by atoms with Crippen molar-refractivity contribution in [2.45, 2.75) is 38.1 Å². The minimum absolute atomic E-state index is 0.0734. The lowest BCUT2D eigenvalue weighted by molar-refractivity contribution is -0.151. The second kappa shape index (κ2) is 9.08. The number of carboxylic acids is 1. The van der Waals surface area contributed by atoms with Crippen molar-refractivity contribution in [2.24, 2.45) is 5.92 Å². The lowest BCUT2D eigenvalue weighted by Gasteiger charge is -2.36. The zero-order valence-electron chi connectivity index (χ0n) is 16.4. The minimum Gasteiger partial charge on any atom is -0.480 e. The number of nitrogens with zero attached hydrogens (tertiary/aromatic N) is 3. The number of urea groups is 1. The number of rotatable bonds is 5. The van der Waals surface area contributed by atoms with E-state index >= 15 is 0 Å². The van der Waals surface area contributed by atoms with Gasteiger partial charge in [0.05, 0.1) is 0 Å². The fraction of sp³-hybridized carbons (Fsp3) is 0.571. The van der Waals surface area contributed by atoms with E-state index in [1.165, 1.54) is 4.90 Å². The molecule has 0 radical (unpaired) electrons. The average Bonchev–Trinajstić information content (AvgIpc) is 3.26. The maximum Gasteiger partial charge on any atom is 0.326 e. The van der Waals surface area contributed by atoms with Crippen LogP contribution >= 0.6 is 0 Å². The lowest BCUT2D eigenvalue weighted by Crippen LogP contribution is -2.50. The molecular weight excluding hydrogens is 358 g/mol. The first kappa shape index (κ1) is 20.2. The molecule has 2 saturated heterocycles. The van der Waals surface area contributed by atoms with Gasteiger partial charge in [-0.15, -0.1) is 0 Å². The molecule has 3 amide bonds. The van der Waals surface area contributed by atoms with Gasteiger partial charge in [0.25, 0.3) is 0 Å². The number of carbonyl (C=O) groups is 3. The first-order valence-electron chi connectivity index (χ1n) is 10.0. The number of carboxylic acid groups (broad SMARTS) is 1. The van der Waals surface area contributed by atoms with Crippen molar-refractivity contribution < 1.29 is 19.5 Å². The summed E-state index contributed by atoms with van der Waals surface area (Å²) in [6, 6.07) is 8.54. The van der Waals surface area contributed by atoms with Gasteiger partial charge in [0.1, 0.15) is 6.04 Å². The van der Waals surface area contributed by atoms with Crippen LogP contribution in [0.1, 0.15) is 31.2 Å². The number of amides is 3. The number of likely N-dealkylation sites (N-methyl/N-ethyl adjacent to an activating group) is 1. The van der Waals surface area contributed by atoms with Crippen LogP contribution in [-0.2, 0) is 16.0 Å². The Hall–Kier alpha value is -2.57. The van der Waals surface area contributed by atoms with Gasteiger partial charge < -0.3 is 19.8 Å². The quantitative estimate of drug-likeness (QED) is 0.839. The largest absolute Gasteiger partial charge is 0.480 e. The Morgan fingerprint density at radius 1 is 1.04 bits per heavy atom. The Bertz CT molecular complexity index is 695. The van der Waals surface area contributed by atoms with Crippen molar-refractivity contribution in [1.29, 1.82) is 0 Å². The third kappa shape index (κ3) is 4.64. The van der Waals surface area contributed by atoms with Gasteiger partial charge in [-0.3, -0.25) is 4.79 Å². The molecule has 2 aliphatic rings. The van der Waals surface area contributed by atoms with Crippen molar-refractivity contribution in [2.75, 3.05) is 33.2 Å². The molecule has 3 rings (SSSR count). The molecule has 1 aromatic carbocycles. The number of aliphatic carboxylic acids is 1. The number of carbonyl (C=O) groups excluding carboxylic acids is 2. The number of hydrogen-bond donors (Lipinski definition) is 1. The monoisotopic (exact) mass is 387 g/mol. The van der Waals surface area contributed by atoms with Crippen molar-refractivity contribution in [3.05, 3.63) is 35.9 Å². The van der Waals surface area contributed by atoms with E-state index in [9.17, 15) is 19.5 Å². The second-order valence-electron chi connectivity index (χ2n) is 7.73. The van der Waals surface area contributed by atoms with Crippen LogP contribution < -0.4 is 0 Å². The van der Waals surface area contributed by atoms with E-state index in [4.69, 9.17) is 0 Å². The van der Waals surface area contributed by atoms with Crippen LogP contribution in [0.4, 0.5) is 4.79 Å². The van der Waals surface area contributed by atoms with Crippen LogP contribution in [0.15, 0.2) is 30.3 Å². The molecule has 1 atom stereocenters. The molecule has 28 heavy (non-hydrogen) atoms. The van der Waals surface area contributed by atoms with E-state index in [-0.39, 0.29) is 24.3 Å². The number of hydrogen-bond acceptors (Lipinski definition) is 3. The van der Waals surface area contributed by atoms with Gasteiger partial charge in [0, 0.05) is 45.6 Å². The number of likely N-dealkylation sites (tertiary alicyclic amines) is 2. The van der Waals surface area contributed by atoms with E-state index in [1.807, 2.05) is 40.1 Å². The molecule has 7 nitrogen and oxygen atoms in total. The predicted octanol–water partition coefficient (Wildman–Crippen LogP) is 2.07. The van der Waals surface area contributed by atoms with Gasteiger partial charge >= 0.3 is 12.0 Å². The highest BCUT2D eigenvalue weighted by Gasteiger charge is 2.35. The molecule has 1 aromatic rings. The molecule has 0 aromatic heterocycles. The highest BCUT2D eigenvalue weighted by molar-refractivity contribution is 5.85. The summed E-state index contributed by atoms with van der Waals surface area (Å²) >= 11 is 0. The SMILES string of the molecule is CN(C(=O)C1CCN(C(=O)N2CCCC2)CC1)C(Cc1ccccc1)C(=O)O. The Morgan fingerprint density at radius 3 is 2.18 bits per heavy atom. The van der Waals surface area contributed by atoms with Crippen molar-refractivity contribution in [3.8, 4) is 0 Å². The van der Waals surface area contributed by atoms with Crippen LogP contribution in [0.5, 0.6) is 0 Å². The summed E-state index contributed by atoms with van der Waals surface area (Å²) in [5.74, 6) is -1.37. The highest BCUT2D eigenvalue weighted by Crippen LogP contribution is 2.23. The average molecular weight is 387 g/mol. The Balaban J connectivity index is 1.56. The molecule has 0 saturated carbocycles. The summed E-state index contributed by atoms with van der Waals surface area (Å²) < 4.78 is 0. The molecule has 2 fully saturated rings. The summed E-state index contributed by atoms with van der Waals surface area (Å²) in [5.41, 5.74) is 0.889. The summed E-state index contributed by atoms with van der Waals surface area (Å²) in [5, 5.41) is 9.64. The van der Waals surface area contributed by atoms with Gasteiger partial charge in [-0.2, -0.15) is 0 Å². The van der Waals surface area contributed by atoms with Crippen LogP contribution in [0.3, 0.4) is 0 Å². The standard InChI is InChI=1S/C21H29N3O4/c1-22(18(20(26)27)15-16-7-3-2-4-8-16)19(25)17-9-13-24(14-10-17)21(28)23-11-5-6-12-23/h2-4,7-8,17-18H,5-6,9-15H2,1H3,(H,26,27). The van der Waals surface area contributed by atoms with Crippen LogP contribution in [-0.4, -0.2) is 77.0 Å². The van der Waals surface area contributed by atoms with E-state index < -0.39 is 12.0 Å². The Labute approximate surface area is 165 Å². The second-order valence-corrected chi connectivity index (χ2v) is 7.73. The molecule has 2 heterocycles. The Morgan fingerprint density at radius 2 is 1.61 bits per heavy atom. The Kier molecular flexibility index (Phi) is 6.54. The topological polar surface area (TPSA) is 81.2 Å². The van der Waals surface area contributed by atoms with Gasteiger partial charge in [-0.25, -0.2) is 9.59 Å². The molecule has 0 aliphatic carbocycles. The van der Waals surface area contributed by atoms with E-state index in [2.05, 4.69) is 0 Å². The molecule has 1 unspecified atom stereocenters. The number of piperidine rings is 1. The van der Waals surface area contributed by atoms with Gasteiger partial charge in [-0.05, 0) is 31.2 Å². The molecular formula is C21H29N3O4. The van der Waals surface area contributed by atoms with E-state index in [1.54, 1.807) is 7.05 Å². The third-order valence-electron chi connectivity index (χ3n) is 5.86. The minimum atomic E-state index is -0.999. The summed E-state index contributed by atoms with van der Waals surface area (Å²) in [6.45, 7) is 2.74. The smallest absolute Gasteiger partial charge is 0.326 e. The molecule has 0 bridgehead atoms. The molecule has 152 valence electrons. The fourth-order valence-corrected chi connectivity index (χ4v) is 4.09. The van der Waals surface area contributed by atoms with Gasteiger partial charge in [-0.1, -0.05) is 30.3 Å². The molecule has 1 N–H and O–H groups in total. The van der Waals surface area contributed by atoms with E-state index in [0.29, 0.717) is 25.9 Å². The lowest BCUT2D eigenvalue weighted by atomic mass is 9.94. The summed E-state index contributed by atoms with van der Waals surface area (Å²) in [4.78, 5) is 42.3. The molecule has 7 heteroatoms. The van der Waals surface area contributed by atoms with Crippen molar-refractivity contribution >= 4 is 17.9 Å². The maximum atomic E-state index is 12.9. The normalized spacial score (nSPS) is 18.8. The fourth-order valence-electron chi connectivity index (χ4n) is 4.09. The first-order chi connectivity index (χ1) is 13.5. The molecule has 2 aliphatic heterocycles. The van der Waals surface area contributed by atoms with Crippen molar-refractivity contribution in [3.63, 3.8) is 0 Å². The van der Waals surface area contributed by atoms with Crippen LogP contribution in [0.2, 0.25) is 0 Å². The van der Waals surface area contributed by atoms with Gasteiger partial charge in [0.15, 0.2) is 0 Å². The maximum absolute atomic E-state index is 12.9. The summed E-state index contributed by atoms with van der Waals surface area (Å²) in [7, 11) is 1.58. The molecule has 0 spiro atoms. The van der Waals surface area contributed by atoms with Crippen LogP contribution in [0.25, 0.3) is 0 Å². The summed E-state index contributed by atoms with van der Waals surface area (Å²) in [6.07, 6.45) is 3.57. The predicted molar refractivity (Wildman–Crippen MR) is 105 cm³/mol. The number of benzene rings is 1. The van der Waals surface area contributed by atoms with Gasteiger partial charge in [0.2, 0.25) is 5.91 Å².